The first-order valence-electron chi connectivity index (χ1n) is 4.51. The van der Waals surface area contributed by atoms with Crippen molar-refractivity contribution in [3.63, 3.8) is 0 Å². The first-order chi connectivity index (χ1) is 7.25. The third-order valence-corrected chi connectivity index (χ3v) is 2.85. The molecule has 1 N–H and O–H groups in total. The zero-order chi connectivity index (χ0) is 12.4. The number of hydrogen-bond donors (Lipinski definition) is 1. The lowest BCUT2D eigenvalue weighted by Crippen LogP contribution is -2.38. The molecule has 0 fully saturated rings. The summed E-state index contributed by atoms with van der Waals surface area (Å²) in [7, 11) is -5.79. The predicted octanol–water partition coefficient (Wildman–Crippen LogP) is 1.47. The quantitative estimate of drug-likeness (QED) is 0.610. The smallest absolute Gasteiger partial charge is 0.426 e. The molecule has 1 rings (SSSR count). The number of halogens is 2. The Morgan fingerprint density at radius 1 is 1.44 bits per heavy atom. The average Bonchev–Trinajstić information content (AvgIpc) is 2.17. The fourth-order valence-corrected chi connectivity index (χ4v) is 1.44. The van der Waals surface area contributed by atoms with Crippen LogP contribution < -0.4 is 0 Å². The average molecular weight is 256 g/mol. The Balaban J connectivity index is 2.76. The van der Waals surface area contributed by atoms with Crippen LogP contribution in [0.25, 0.3) is 0 Å². The van der Waals surface area contributed by atoms with Crippen LogP contribution in [-0.4, -0.2) is 24.2 Å². The highest BCUT2D eigenvalue weighted by Gasteiger charge is 2.54. The molecule has 0 aromatic heterocycles. The van der Waals surface area contributed by atoms with Gasteiger partial charge in [-0.2, -0.15) is 17.2 Å². The monoisotopic (exact) mass is 256 g/mol. The summed E-state index contributed by atoms with van der Waals surface area (Å²) in [5, 5.41) is -4.93. The number of allylic oxidation sites excluding steroid dienone is 2. The van der Waals surface area contributed by atoms with Gasteiger partial charge in [0.2, 0.25) is 0 Å². The van der Waals surface area contributed by atoms with E-state index in [1.165, 1.54) is 6.08 Å². The van der Waals surface area contributed by atoms with E-state index < -0.39 is 21.3 Å². The molecule has 0 aliphatic heterocycles. The molecular weight excluding hydrogens is 246 g/mol. The lowest BCUT2D eigenvalue weighted by atomic mass is 10.1. The van der Waals surface area contributed by atoms with Crippen molar-refractivity contribution in [2.24, 2.45) is 0 Å². The fourth-order valence-electron chi connectivity index (χ4n) is 1.19. The van der Waals surface area contributed by atoms with Crippen LogP contribution in [0.2, 0.25) is 0 Å². The highest BCUT2D eigenvalue weighted by molar-refractivity contribution is 7.87. The minimum Gasteiger partial charge on any atom is -0.426 e. The lowest BCUT2D eigenvalue weighted by molar-refractivity contribution is -0.157. The summed E-state index contributed by atoms with van der Waals surface area (Å²) in [5.41, 5.74) is 0. The van der Waals surface area contributed by atoms with Crippen molar-refractivity contribution in [2.45, 2.75) is 30.9 Å². The van der Waals surface area contributed by atoms with E-state index in [4.69, 9.17) is 4.55 Å². The molecule has 0 unspecified atom stereocenters. The second-order valence-electron chi connectivity index (χ2n) is 3.30. The largest absolute Gasteiger partial charge is 0.466 e. The van der Waals surface area contributed by atoms with Crippen LogP contribution in [-0.2, 0) is 19.6 Å². The first kappa shape index (κ1) is 13.0. The number of rotatable bonds is 3. The first-order valence-corrected chi connectivity index (χ1v) is 5.95. The Morgan fingerprint density at radius 3 is 2.50 bits per heavy atom. The van der Waals surface area contributed by atoms with Gasteiger partial charge in [-0.3, -0.25) is 4.55 Å². The van der Waals surface area contributed by atoms with Gasteiger partial charge in [-0.25, -0.2) is 4.79 Å². The number of esters is 1. The van der Waals surface area contributed by atoms with Gasteiger partial charge in [0.15, 0.2) is 0 Å². The Kier molecular flexibility index (Phi) is 3.64. The molecule has 0 saturated heterocycles. The summed E-state index contributed by atoms with van der Waals surface area (Å²) in [6.45, 7) is 0. The Labute approximate surface area is 90.8 Å². The number of carbonyl (C=O) groups is 1. The number of carbonyl (C=O) groups excluding carboxylic acids is 1. The van der Waals surface area contributed by atoms with E-state index in [9.17, 15) is 22.0 Å². The summed E-state index contributed by atoms with van der Waals surface area (Å²) in [6.07, 6.45) is 3.86. The van der Waals surface area contributed by atoms with Gasteiger partial charge >= 0.3 is 21.3 Å². The molecule has 0 saturated carbocycles. The van der Waals surface area contributed by atoms with Gasteiger partial charge in [-0.15, -0.1) is 0 Å². The minimum atomic E-state index is -5.79. The molecule has 0 bridgehead atoms. The van der Waals surface area contributed by atoms with E-state index in [1.807, 2.05) is 0 Å². The molecule has 0 radical (unpaired) electrons. The molecule has 16 heavy (non-hydrogen) atoms. The molecule has 0 spiro atoms. The fraction of sp³-hybridized carbons (Fsp3) is 0.625. The normalized spacial score (nSPS) is 17.8. The summed E-state index contributed by atoms with van der Waals surface area (Å²) in [4.78, 5) is 10.8. The van der Waals surface area contributed by atoms with Crippen LogP contribution in [0.5, 0.6) is 0 Å². The number of alkyl halides is 2. The Bertz CT molecular complexity index is 412. The lowest BCUT2D eigenvalue weighted by Gasteiger charge is -2.15. The summed E-state index contributed by atoms with van der Waals surface area (Å²) in [6, 6.07) is 0. The van der Waals surface area contributed by atoms with Gasteiger partial charge in [-0.1, -0.05) is 0 Å². The zero-order valence-electron chi connectivity index (χ0n) is 8.15. The molecule has 0 heterocycles. The molecule has 0 aromatic carbocycles. The highest BCUT2D eigenvalue weighted by atomic mass is 32.2. The molecular formula is C8H10F2O5S. The van der Waals surface area contributed by atoms with Crippen molar-refractivity contribution in [1.82, 2.24) is 0 Å². The molecule has 8 heteroatoms. The minimum absolute atomic E-state index is 0.0135. The topological polar surface area (TPSA) is 80.7 Å². The van der Waals surface area contributed by atoms with Crippen molar-refractivity contribution >= 4 is 16.1 Å². The maximum atomic E-state index is 12.7. The third kappa shape index (κ3) is 2.76. The van der Waals surface area contributed by atoms with Crippen molar-refractivity contribution in [2.75, 3.05) is 0 Å². The van der Waals surface area contributed by atoms with E-state index in [0.29, 0.717) is 19.3 Å². The van der Waals surface area contributed by atoms with E-state index in [1.54, 1.807) is 0 Å². The van der Waals surface area contributed by atoms with Crippen LogP contribution in [0.3, 0.4) is 0 Å². The Hall–Kier alpha value is -1.02. The van der Waals surface area contributed by atoms with Crippen LogP contribution in [0.4, 0.5) is 8.78 Å². The maximum absolute atomic E-state index is 12.7. The van der Waals surface area contributed by atoms with Crippen LogP contribution in [0.15, 0.2) is 11.8 Å². The zero-order valence-corrected chi connectivity index (χ0v) is 8.97. The van der Waals surface area contributed by atoms with Gasteiger partial charge < -0.3 is 4.74 Å². The SMILES string of the molecule is O=C(OC1=CCCCC1)C(F)(F)S(=O)(=O)O. The third-order valence-electron chi connectivity index (χ3n) is 2.03. The van der Waals surface area contributed by atoms with Crippen LogP contribution in [0.1, 0.15) is 25.7 Å². The maximum Gasteiger partial charge on any atom is 0.466 e. The van der Waals surface area contributed by atoms with Crippen molar-refractivity contribution in [1.29, 1.82) is 0 Å². The summed E-state index contributed by atoms with van der Waals surface area (Å²) in [5.74, 6) is -2.26. The molecule has 0 aromatic rings. The predicted molar refractivity (Wildman–Crippen MR) is 49.1 cm³/mol. The Morgan fingerprint density at radius 2 is 2.06 bits per heavy atom. The molecule has 92 valence electrons. The van der Waals surface area contributed by atoms with Gasteiger partial charge in [-0.05, 0) is 25.3 Å². The van der Waals surface area contributed by atoms with E-state index in [0.717, 1.165) is 6.42 Å². The van der Waals surface area contributed by atoms with Crippen LogP contribution >= 0.6 is 0 Å². The molecule has 1 aliphatic carbocycles. The highest BCUT2D eigenvalue weighted by Crippen LogP contribution is 2.26. The second kappa shape index (κ2) is 4.46. The summed E-state index contributed by atoms with van der Waals surface area (Å²) >= 11 is 0. The van der Waals surface area contributed by atoms with Crippen molar-refractivity contribution in [3.8, 4) is 0 Å². The number of ether oxygens (including phenoxy) is 1. The van der Waals surface area contributed by atoms with Crippen LogP contribution in [0, 0.1) is 0 Å². The second-order valence-corrected chi connectivity index (χ2v) is 4.76. The standard InChI is InChI=1S/C8H10F2O5S/c9-8(10,16(12,13)14)7(11)15-6-4-2-1-3-5-6/h4H,1-3,5H2,(H,12,13,14). The van der Waals surface area contributed by atoms with Gasteiger partial charge in [0.1, 0.15) is 5.76 Å². The van der Waals surface area contributed by atoms with Crippen molar-refractivity contribution < 1.29 is 31.3 Å². The van der Waals surface area contributed by atoms with E-state index in [2.05, 4.69) is 4.74 Å². The van der Waals surface area contributed by atoms with E-state index >= 15 is 0 Å². The molecule has 1 aliphatic rings. The molecule has 5 nitrogen and oxygen atoms in total. The van der Waals surface area contributed by atoms with Crippen molar-refractivity contribution in [3.05, 3.63) is 11.8 Å². The molecule has 0 atom stereocenters. The number of hydrogen-bond acceptors (Lipinski definition) is 4. The van der Waals surface area contributed by atoms with Gasteiger partial charge in [0.25, 0.3) is 0 Å². The van der Waals surface area contributed by atoms with E-state index in [-0.39, 0.29) is 5.76 Å². The molecule has 0 amide bonds. The van der Waals surface area contributed by atoms with Gasteiger partial charge in [0.05, 0.1) is 0 Å². The van der Waals surface area contributed by atoms with Gasteiger partial charge in [0, 0.05) is 6.42 Å². The summed E-state index contributed by atoms with van der Waals surface area (Å²) < 4.78 is 58.3.